The highest BCUT2D eigenvalue weighted by molar-refractivity contribution is 5.72. The fraction of sp³-hybridized carbons (Fsp3) is 0.280. The monoisotopic (exact) mass is 326 g/mol. The number of hydrogen-bond donors (Lipinski definition) is 0. The number of fused-ring (bicyclic) bond motifs is 3. The Hall–Kier alpha value is -2.34. The van der Waals surface area contributed by atoms with Gasteiger partial charge < -0.3 is 0 Å². The fourth-order valence-electron chi connectivity index (χ4n) is 4.35. The van der Waals surface area contributed by atoms with E-state index < -0.39 is 0 Å². The molecule has 0 aromatic heterocycles. The van der Waals surface area contributed by atoms with E-state index >= 15 is 0 Å². The van der Waals surface area contributed by atoms with Crippen LogP contribution in [0.25, 0.3) is 11.1 Å². The molecule has 0 fully saturated rings. The summed E-state index contributed by atoms with van der Waals surface area (Å²) < 4.78 is 0. The van der Waals surface area contributed by atoms with Gasteiger partial charge in [0.05, 0.1) is 0 Å². The van der Waals surface area contributed by atoms with Crippen LogP contribution in [0.5, 0.6) is 0 Å². The molecule has 0 aliphatic heterocycles. The van der Waals surface area contributed by atoms with E-state index in [4.69, 9.17) is 0 Å². The SMILES string of the molecule is CCCc1ccc2c(c1)CC(c1ccccc1C)Cc1ccccc1-2. The number of rotatable bonds is 3. The van der Waals surface area contributed by atoms with E-state index in [0.29, 0.717) is 5.92 Å². The highest BCUT2D eigenvalue weighted by Gasteiger charge is 2.23. The van der Waals surface area contributed by atoms with E-state index in [2.05, 4.69) is 80.6 Å². The lowest BCUT2D eigenvalue weighted by atomic mass is 9.86. The van der Waals surface area contributed by atoms with Crippen LogP contribution < -0.4 is 0 Å². The number of hydrogen-bond acceptors (Lipinski definition) is 0. The van der Waals surface area contributed by atoms with Gasteiger partial charge in [-0.15, -0.1) is 0 Å². The maximum Gasteiger partial charge on any atom is -0.00780 e. The normalized spacial score (nSPS) is 16.0. The molecule has 1 atom stereocenters. The summed E-state index contributed by atoms with van der Waals surface area (Å²) in [6.45, 7) is 4.51. The van der Waals surface area contributed by atoms with Gasteiger partial charge in [-0.3, -0.25) is 0 Å². The first-order valence-electron chi connectivity index (χ1n) is 9.52. The molecular weight excluding hydrogens is 300 g/mol. The van der Waals surface area contributed by atoms with E-state index in [9.17, 15) is 0 Å². The van der Waals surface area contributed by atoms with Crippen molar-refractivity contribution in [3.8, 4) is 11.1 Å². The molecule has 25 heavy (non-hydrogen) atoms. The molecule has 0 heteroatoms. The minimum atomic E-state index is 0.556. The summed E-state index contributed by atoms with van der Waals surface area (Å²) >= 11 is 0. The van der Waals surface area contributed by atoms with Crippen LogP contribution in [0.4, 0.5) is 0 Å². The molecule has 0 bridgehead atoms. The molecule has 126 valence electrons. The molecule has 3 aromatic rings. The van der Waals surface area contributed by atoms with E-state index in [0.717, 1.165) is 12.8 Å². The minimum Gasteiger partial charge on any atom is -0.0651 e. The maximum absolute atomic E-state index is 2.46. The van der Waals surface area contributed by atoms with Crippen molar-refractivity contribution in [3.05, 3.63) is 94.5 Å². The van der Waals surface area contributed by atoms with Crippen molar-refractivity contribution < 1.29 is 0 Å². The number of benzene rings is 3. The predicted molar refractivity (Wildman–Crippen MR) is 107 cm³/mol. The standard InChI is InChI=1S/C25H26/c1-3-8-19-13-14-25-21(15-19)17-22(23-11-6-4-9-18(23)2)16-20-10-5-7-12-24(20)25/h4-7,9-15,22H,3,8,16-17H2,1-2H3. The Morgan fingerprint density at radius 2 is 1.52 bits per heavy atom. The smallest absolute Gasteiger partial charge is 0.00780 e. The summed E-state index contributed by atoms with van der Waals surface area (Å²) in [4.78, 5) is 0. The van der Waals surface area contributed by atoms with Crippen molar-refractivity contribution in [2.24, 2.45) is 0 Å². The topological polar surface area (TPSA) is 0 Å². The van der Waals surface area contributed by atoms with Crippen LogP contribution >= 0.6 is 0 Å². The molecule has 0 N–H and O–H groups in total. The van der Waals surface area contributed by atoms with Crippen LogP contribution in [0.1, 0.15) is 47.1 Å². The quantitative estimate of drug-likeness (QED) is 0.515. The van der Waals surface area contributed by atoms with Crippen molar-refractivity contribution in [1.29, 1.82) is 0 Å². The molecule has 4 rings (SSSR count). The molecule has 1 unspecified atom stereocenters. The Morgan fingerprint density at radius 3 is 2.36 bits per heavy atom. The van der Waals surface area contributed by atoms with E-state index in [1.807, 2.05) is 0 Å². The van der Waals surface area contributed by atoms with Crippen molar-refractivity contribution in [2.45, 2.75) is 45.4 Å². The molecule has 0 amide bonds. The van der Waals surface area contributed by atoms with Gasteiger partial charge in [0.2, 0.25) is 0 Å². The molecule has 0 spiro atoms. The Morgan fingerprint density at radius 1 is 0.800 bits per heavy atom. The van der Waals surface area contributed by atoms with Gasteiger partial charge in [-0.2, -0.15) is 0 Å². The second-order valence-corrected chi connectivity index (χ2v) is 7.36. The summed E-state index contributed by atoms with van der Waals surface area (Å²) in [6.07, 6.45) is 4.63. The average molecular weight is 326 g/mol. The van der Waals surface area contributed by atoms with Crippen molar-refractivity contribution in [2.75, 3.05) is 0 Å². The van der Waals surface area contributed by atoms with Crippen LogP contribution in [0.3, 0.4) is 0 Å². The zero-order chi connectivity index (χ0) is 17.2. The van der Waals surface area contributed by atoms with Crippen LogP contribution in [-0.2, 0) is 19.3 Å². The first-order valence-corrected chi connectivity index (χ1v) is 9.52. The van der Waals surface area contributed by atoms with Gasteiger partial charge in [0.1, 0.15) is 0 Å². The van der Waals surface area contributed by atoms with Gasteiger partial charge in [0.25, 0.3) is 0 Å². The molecular formula is C25H26. The van der Waals surface area contributed by atoms with Crippen LogP contribution in [0.15, 0.2) is 66.7 Å². The molecule has 1 aliphatic carbocycles. The van der Waals surface area contributed by atoms with Crippen LogP contribution in [0.2, 0.25) is 0 Å². The maximum atomic E-state index is 2.46. The summed E-state index contributed by atoms with van der Waals surface area (Å²) in [7, 11) is 0. The zero-order valence-corrected chi connectivity index (χ0v) is 15.3. The first-order chi connectivity index (χ1) is 12.3. The van der Waals surface area contributed by atoms with Crippen molar-refractivity contribution in [3.63, 3.8) is 0 Å². The van der Waals surface area contributed by atoms with Crippen LogP contribution in [-0.4, -0.2) is 0 Å². The molecule has 3 aromatic carbocycles. The molecule has 1 aliphatic rings. The first kappa shape index (κ1) is 16.1. The lowest BCUT2D eigenvalue weighted by Gasteiger charge is -2.18. The number of aryl methyl sites for hydroxylation is 2. The van der Waals surface area contributed by atoms with E-state index in [1.54, 1.807) is 0 Å². The predicted octanol–water partition coefficient (Wildman–Crippen LogP) is 6.50. The second-order valence-electron chi connectivity index (χ2n) is 7.36. The fourth-order valence-corrected chi connectivity index (χ4v) is 4.35. The van der Waals surface area contributed by atoms with Gasteiger partial charge >= 0.3 is 0 Å². The largest absolute Gasteiger partial charge is 0.0651 e. The minimum absolute atomic E-state index is 0.556. The average Bonchev–Trinajstić information content (AvgIpc) is 2.79. The summed E-state index contributed by atoms with van der Waals surface area (Å²) in [5.41, 5.74) is 10.3. The van der Waals surface area contributed by atoms with Crippen molar-refractivity contribution >= 4 is 0 Å². The molecule has 0 heterocycles. The van der Waals surface area contributed by atoms with Crippen LogP contribution in [0, 0.1) is 6.92 Å². The van der Waals surface area contributed by atoms with Gasteiger partial charge in [0, 0.05) is 0 Å². The second kappa shape index (κ2) is 6.88. The van der Waals surface area contributed by atoms with E-state index in [-0.39, 0.29) is 0 Å². The lowest BCUT2D eigenvalue weighted by molar-refractivity contribution is 0.683. The Balaban J connectivity index is 1.85. The van der Waals surface area contributed by atoms with E-state index in [1.165, 1.54) is 51.8 Å². The van der Waals surface area contributed by atoms with Crippen molar-refractivity contribution in [1.82, 2.24) is 0 Å². The Kier molecular flexibility index (Phi) is 4.44. The third-order valence-corrected chi connectivity index (χ3v) is 5.58. The third-order valence-electron chi connectivity index (χ3n) is 5.58. The molecule has 0 saturated heterocycles. The highest BCUT2D eigenvalue weighted by Crippen LogP contribution is 2.39. The lowest BCUT2D eigenvalue weighted by Crippen LogP contribution is -2.07. The summed E-state index contributed by atoms with van der Waals surface area (Å²) in [5, 5.41) is 0. The van der Waals surface area contributed by atoms with Gasteiger partial charge in [-0.1, -0.05) is 80.1 Å². The zero-order valence-electron chi connectivity index (χ0n) is 15.3. The van der Waals surface area contributed by atoms with Gasteiger partial charge in [0.15, 0.2) is 0 Å². The molecule has 0 radical (unpaired) electrons. The highest BCUT2D eigenvalue weighted by atomic mass is 14.3. The Bertz CT molecular complexity index is 888. The van der Waals surface area contributed by atoms with Gasteiger partial charge in [-0.25, -0.2) is 0 Å². The summed E-state index contributed by atoms with van der Waals surface area (Å²) in [5.74, 6) is 0.556. The molecule has 0 saturated carbocycles. The summed E-state index contributed by atoms with van der Waals surface area (Å²) in [6, 6.07) is 25.0. The molecule has 0 nitrogen and oxygen atoms in total. The Labute approximate surface area is 151 Å². The third kappa shape index (κ3) is 3.14. The van der Waals surface area contributed by atoms with Gasteiger partial charge in [-0.05, 0) is 71.0 Å².